The molecule has 1 aromatic heterocycles. The van der Waals surface area contributed by atoms with Gasteiger partial charge in [-0.05, 0) is 49.6 Å². The number of aromatic nitrogens is 2. The molecule has 2 atom stereocenters. The van der Waals surface area contributed by atoms with E-state index in [-0.39, 0.29) is 11.3 Å². The summed E-state index contributed by atoms with van der Waals surface area (Å²) < 4.78 is 25.7. The molecule has 0 saturated heterocycles. The lowest BCUT2D eigenvalue weighted by atomic mass is 9.94. The van der Waals surface area contributed by atoms with E-state index in [0.717, 1.165) is 44.3 Å². The summed E-state index contributed by atoms with van der Waals surface area (Å²) in [7, 11) is -2.97. The topological polar surface area (TPSA) is 64.0 Å². The molecule has 1 N–H and O–H groups in total. The Bertz CT molecular complexity index is 739. The second-order valence-corrected chi connectivity index (χ2v) is 8.84. The highest BCUT2D eigenvalue weighted by Crippen LogP contribution is 2.24. The van der Waals surface area contributed by atoms with Gasteiger partial charge >= 0.3 is 0 Å². The standard InChI is InChI=1S/C18H25N3O2S/c1-24(22,23)18-6-3-2-5-17(18)19-13-11-15-7-9-16(10-8-15)21-14-4-12-20-21/h4,7-10,12,14,17-19H,2-3,5-6,11,13H2,1H3. The van der Waals surface area contributed by atoms with Gasteiger partial charge in [0.2, 0.25) is 0 Å². The van der Waals surface area contributed by atoms with Gasteiger partial charge in [-0.15, -0.1) is 0 Å². The molecule has 5 nitrogen and oxygen atoms in total. The van der Waals surface area contributed by atoms with Gasteiger partial charge in [-0.2, -0.15) is 5.10 Å². The highest BCUT2D eigenvalue weighted by molar-refractivity contribution is 7.91. The Morgan fingerprint density at radius 1 is 1.21 bits per heavy atom. The van der Waals surface area contributed by atoms with Crippen molar-refractivity contribution < 1.29 is 8.42 Å². The van der Waals surface area contributed by atoms with Crippen LogP contribution in [0.5, 0.6) is 0 Å². The quantitative estimate of drug-likeness (QED) is 0.871. The van der Waals surface area contributed by atoms with Crippen molar-refractivity contribution >= 4 is 9.84 Å². The average molecular weight is 347 g/mol. The van der Waals surface area contributed by atoms with Crippen molar-refractivity contribution in [2.75, 3.05) is 12.8 Å². The maximum Gasteiger partial charge on any atom is 0.151 e. The van der Waals surface area contributed by atoms with Crippen LogP contribution in [0, 0.1) is 0 Å². The summed E-state index contributed by atoms with van der Waals surface area (Å²) in [5.41, 5.74) is 2.28. The number of sulfone groups is 1. The van der Waals surface area contributed by atoms with Crippen LogP contribution in [0.4, 0.5) is 0 Å². The smallest absolute Gasteiger partial charge is 0.151 e. The van der Waals surface area contributed by atoms with Gasteiger partial charge in [0.25, 0.3) is 0 Å². The van der Waals surface area contributed by atoms with E-state index in [1.165, 1.54) is 11.8 Å². The Balaban J connectivity index is 1.54. The molecule has 1 aromatic carbocycles. The molecule has 0 bridgehead atoms. The first-order chi connectivity index (χ1) is 11.5. The number of rotatable bonds is 6. The molecule has 1 heterocycles. The lowest BCUT2D eigenvalue weighted by Gasteiger charge is -2.31. The Kier molecular flexibility index (Phi) is 5.36. The molecule has 1 saturated carbocycles. The molecule has 1 aliphatic carbocycles. The van der Waals surface area contributed by atoms with Crippen molar-refractivity contribution in [3.63, 3.8) is 0 Å². The lowest BCUT2D eigenvalue weighted by Crippen LogP contribution is -2.46. The SMILES string of the molecule is CS(=O)(=O)C1CCCCC1NCCc1ccc(-n2cccn2)cc1. The summed E-state index contributed by atoms with van der Waals surface area (Å²) in [5.74, 6) is 0. The van der Waals surface area contributed by atoms with Crippen molar-refractivity contribution in [2.45, 2.75) is 43.4 Å². The van der Waals surface area contributed by atoms with E-state index in [9.17, 15) is 8.42 Å². The largest absolute Gasteiger partial charge is 0.312 e. The predicted octanol–water partition coefficient (Wildman–Crippen LogP) is 2.36. The molecular weight excluding hydrogens is 322 g/mol. The monoisotopic (exact) mass is 347 g/mol. The van der Waals surface area contributed by atoms with E-state index in [4.69, 9.17) is 0 Å². The number of nitrogens with one attached hydrogen (secondary N) is 1. The molecule has 0 amide bonds. The molecular formula is C18H25N3O2S. The minimum Gasteiger partial charge on any atom is -0.312 e. The van der Waals surface area contributed by atoms with Gasteiger partial charge in [0.05, 0.1) is 10.9 Å². The van der Waals surface area contributed by atoms with E-state index in [0.29, 0.717) is 0 Å². The number of hydrogen-bond acceptors (Lipinski definition) is 4. The maximum atomic E-state index is 11.9. The molecule has 130 valence electrons. The van der Waals surface area contributed by atoms with E-state index in [2.05, 4.69) is 34.7 Å². The van der Waals surface area contributed by atoms with Crippen molar-refractivity contribution in [1.82, 2.24) is 15.1 Å². The molecule has 2 aromatic rings. The van der Waals surface area contributed by atoms with Crippen molar-refractivity contribution in [3.8, 4) is 5.69 Å². The van der Waals surface area contributed by atoms with Crippen LogP contribution in [-0.2, 0) is 16.3 Å². The third kappa shape index (κ3) is 4.24. The minimum absolute atomic E-state index is 0.0945. The van der Waals surface area contributed by atoms with Gasteiger partial charge < -0.3 is 5.32 Å². The first-order valence-corrected chi connectivity index (χ1v) is 10.5. The summed E-state index contributed by atoms with van der Waals surface area (Å²) in [6.45, 7) is 0.803. The molecule has 3 rings (SSSR count). The normalized spacial score (nSPS) is 21.7. The zero-order valence-electron chi connectivity index (χ0n) is 14.1. The summed E-state index contributed by atoms with van der Waals surface area (Å²) in [6.07, 6.45) is 9.82. The zero-order chi connectivity index (χ0) is 17.0. The van der Waals surface area contributed by atoms with E-state index in [1.54, 1.807) is 6.20 Å². The van der Waals surface area contributed by atoms with Crippen LogP contribution in [-0.4, -0.2) is 42.3 Å². The predicted molar refractivity (Wildman–Crippen MR) is 96.2 cm³/mol. The highest BCUT2D eigenvalue weighted by atomic mass is 32.2. The Labute approximate surface area is 144 Å². The highest BCUT2D eigenvalue weighted by Gasteiger charge is 2.32. The molecule has 24 heavy (non-hydrogen) atoms. The van der Waals surface area contributed by atoms with Crippen LogP contribution < -0.4 is 5.32 Å². The molecule has 6 heteroatoms. The van der Waals surface area contributed by atoms with Crippen LogP contribution in [0.25, 0.3) is 5.69 Å². The van der Waals surface area contributed by atoms with Crippen LogP contribution in [0.2, 0.25) is 0 Å². The Hall–Kier alpha value is -1.66. The van der Waals surface area contributed by atoms with Crippen LogP contribution >= 0.6 is 0 Å². The van der Waals surface area contributed by atoms with Gasteiger partial charge in [-0.25, -0.2) is 13.1 Å². The zero-order valence-corrected chi connectivity index (χ0v) is 14.9. The molecule has 1 fully saturated rings. The fourth-order valence-corrected chi connectivity index (χ4v) is 4.91. The van der Waals surface area contributed by atoms with Crippen LogP contribution in [0.3, 0.4) is 0 Å². The average Bonchev–Trinajstić information content (AvgIpc) is 3.09. The van der Waals surface area contributed by atoms with Crippen LogP contribution in [0.1, 0.15) is 31.2 Å². The molecule has 0 aliphatic heterocycles. The van der Waals surface area contributed by atoms with Crippen molar-refractivity contribution in [1.29, 1.82) is 0 Å². The second kappa shape index (κ2) is 7.49. The summed E-state index contributed by atoms with van der Waals surface area (Å²) >= 11 is 0. The van der Waals surface area contributed by atoms with Gasteiger partial charge in [-0.3, -0.25) is 0 Å². The third-order valence-corrected chi connectivity index (χ3v) is 6.44. The number of nitrogens with zero attached hydrogens (tertiary/aromatic N) is 2. The maximum absolute atomic E-state index is 11.9. The summed E-state index contributed by atoms with van der Waals surface area (Å²) in [5, 5.41) is 7.46. The van der Waals surface area contributed by atoms with Gasteiger partial charge in [0, 0.05) is 24.7 Å². The van der Waals surface area contributed by atoms with Crippen molar-refractivity contribution in [3.05, 3.63) is 48.3 Å². The number of benzene rings is 1. The first kappa shape index (κ1) is 17.2. The number of hydrogen-bond donors (Lipinski definition) is 1. The fourth-order valence-electron chi connectivity index (χ4n) is 3.48. The second-order valence-electron chi connectivity index (χ2n) is 6.58. The molecule has 1 aliphatic rings. The van der Waals surface area contributed by atoms with Gasteiger partial charge in [0.15, 0.2) is 9.84 Å². The lowest BCUT2D eigenvalue weighted by molar-refractivity contribution is 0.373. The Morgan fingerprint density at radius 3 is 2.62 bits per heavy atom. The third-order valence-electron chi connectivity index (χ3n) is 4.78. The van der Waals surface area contributed by atoms with Crippen molar-refractivity contribution in [2.24, 2.45) is 0 Å². The molecule has 0 radical (unpaired) electrons. The fraction of sp³-hybridized carbons (Fsp3) is 0.500. The van der Waals surface area contributed by atoms with E-state index >= 15 is 0 Å². The van der Waals surface area contributed by atoms with Gasteiger partial charge in [-0.1, -0.05) is 25.0 Å². The summed E-state index contributed by atoms with van der Waals surface area (Å²) in [4.78, 5) is 0. The van der Waals surface area contributed by atoms with Gasteiger partial charge in [0.1, 0.15) is 0 Å². The summed E-state index contributed by atoms with van der Waals surface area (Å²) in [6, 6.07) is 10.3. The Morgan fingerprint density at radius 2 is 1.96 bits per heavy atom. The first-order valence-electron chi connectivity index (χ1n) is 8.55. The van der Waals surface area contributed by atoms with E-state index in [1.807, 2.05) is 16.9 Å². The van der Waals surface area contributed by atoms with E-state index < -0.39 is 9.84 Å². The molecule has 0 spiro atoms. The molecule has 2 unspecified atom stereocenters. The van der Waals surface area contributed by atoms with Crippen LogP contribution in [0.15, 0.2) is 42.7 Å². The minimum atomic E-state index is -2.97.